The fourth-order valence-electron chi connectivity index (χ4n) is 2.91. The number of aliphatic carboxylic acids is 1. The number of nitrogens with one attached hydrogen (secondary N) is 4. The predicted octanol–water partition coefficient (Wildman–Crippen LogP) is -0.389. The van der Waals surface area contributed by atoms with E-state index in [9.17, 15) is 19.2 Å². The van der Waals surface area contributed by atoms with Gasteiger partial charge in [0.1, 0.15) is 12.1 Å². The molecule has 1 aliphatic heterocycles. The Hall–Kier alpha value is -2.16. The van der Waals surface area contributed by atoms with Gasteiger partial charge < -0.3 is 26.4 Å². The molecule has 1 rings (SSSR count). The molecular formula is C18H32N4O5. The van der Waals surface area contributed by atoms with Crippen molar-refractivity contribution < 1.29 is 24.3 Å². The Morgan fingerprint density at radius 1 is 1.11 bits per heavy atom. The maximum atomic E-state index is 12.4. The van der Waals surface area contributed by atoms with Crippen LogP contribution in [0.2, 0.25) is 0 Å². The minimum absolute atomic E-state index is 0.103. The molecule has 0 aliphatic carbocycles. The fourth-order valence-corrected chi connectivity index (χ4v) is 2.91. The van der Waals surface area contributed by atoms with E-state index in [-0.39, 0.29) is 30.3 Å². The lowest BCUT2D eigenvalue weighted by molar-refractivity contribution is -0.142. The lowest BCUT2D eigenvalue weighted by Gasteiger charge is -2.23. The smallest absolute Gasteiger partial charge is 0.326 e. The number of amides is 3. The van der Waals surface area contributed by atoms with Crippen LogP contribution < -0.4 is 21.3 Å². The highest BCUT2D eigenvalue weighted by molar-refractivity contribution is 5.92. The summed E-state index contributed by atoms with van der Waals surface area (Å²) in [6, 6.07) is -2.06. The van der Waals surface area contributed by atoms with Gasteiger partial charge in [-0.3, -0.25) is 14.4 Å². The first-order valence-corrected chi connectivity index (χ1v) is 9.45. The molecule has 1 aliphatic rings. The Morgan fingerprint density at radius 3 is 2.26 bits per heavy atom. The van der Waals surface area contributed by atoms with Gasteiger partial charge in [0.2, 0.25) is 17.7 Å². The molecule has 0 aromatic rings. The van der Waals surface area contributed by atoms with Crippen LogP contribution in [-0.4, -0.2) is 60.0 Å². The second-order valence-electron chi connectivity index (χ2n) is 7.68. The first-order chi connectivity index (χ1) is 12.6. The molecule has 0 radical (unpaired) electrons. The van der Waals surface area contributed by atoms with Crippen molar-refractivity contribution in [1.29, 1.82) is 0 Å². The number of carboxylic acid groups (broad SMARTS) is 1. The molecular weight excluding hydrogens is 352 g/mol. The van der Waals surface area contributed by atoms with Gasteiger partial charge in [-0.1, -0.05) is 27.7 Å². The quantitative estimate of drug-likeness (QED) is 0.348. The molecule has 9 heteroatoms. The molecule has 1 saturated heterocycles. The molecule has 0 saturated carbocycles. The highest BCUT2D eigenvalue weighted by Crippen LogP contribution is 2.08. The summed E-state index contributed by atoms with van der Waals surface area (Å²) in [7, 11) is 0. The molecule has 0 unspecified atom stereocenters. The van der Waals surface area contributed by atoms with Gasteiger partial charge >= 0.3 is 5.97 Å². The summed E-state index contributed by atoms with van der Waals surface area (Å²) < 4.78 is 0. The average molecular weight is 384 g/mol. The van der Waals surface area contributed by atoms with Gasteiger partial charge in [-0.05, 0) is 37.6 Å². The number of carbonyl (C=O) groups excluding carboxylic acids is 3. The Balaban J connectivity index is 2.53. The number of hydrogen-bond donors (Lipinski definition) is 5. The second-order valence-corrected chi connectivity index (χ2v) is 7.68. The van der Waals surface area contributed by atoms with E-state index >= 15 is 0 Å². The standard InChI is InChI=1S/C18H32N4O5/c1-10(2)8-13(18(26)27)21-14(23)9-20-17(25)15(11(3)4)22-16(24)12-6-5-7-19-12/h10-13,15,19H,5-9H2,1-4H3,(H,20,25)(H,21,23)(H,22,24)(H,26,27)/t12-,13-,15-/m0/s1. The van der Waals surface area contributed by atoms with Crippen molar-refractivity contribution in [2.24, 2.45) is 11.8 Å². The van der Waals surface area contributed by atoms with Crippen LogP contribution >= 0.6 is 0 Å². The first kappa shape index (κ1) is 22.9. The van der Waals surface area contributed by atoms with Crippen LogP contribution in [0.3, 0.4) is 0 Å². The van der Waals surface area contributed by atoms with Crippen molar-refractivity contribution in [3.63, 3.8) is 0 Å². The lowest BCUT2D eigenvalue weighted by Crippen LogP contribution is -2.55. The monoisotopic (exact) mass is 384 g/mol. The van der Waals surface area contributed by atoms with Gasteiger partial charge in [0, 0.05) is 0 Å². The summed E-state index contributed by atoms with van der Waals surface area (Å²) in [5.41, 5.74) is 0. The summed E-state index contributed by atoms with van der Waals surface area (Å²) in [5, 5.41) is 19.8. The third-order valence-corrected chi connectivity index (χ3v) is 4.39. The van der Waals surface area contributed by atoms with E-state index in [4.69, 9.17) is 5.11 Å². The Bertz CT molecular complexity index is 544. The third-order valence-electron chi connectivity index (χ3n) is 4.39. The molecule has 9 nitrogen and oxygen atoms in total. The zero-order valence-corrected chi connectivity index (χ0v) is 16.5. The molecule has 154 valence electrons. The number of rotatable bonds is 10. The van der Waals surface area contributed by atoms with Crippen LogP contribution in [0, 0.1) is 11.8 Å². The van der Waals surface area contributed by atoms with Crippen molar-refractivity contribution >= 4 is 23.7 Å². The van der Waals surface area contributed by atoms with E-state index < -0.39 is 29.9 Å². The van der Waals surface area contributed by atoms with Gasteiger partial charge in [-0.2, -0.15) is 0 Å². The van der Waals surface area contributed by atoms with E-state index in [0.717, 1.165) is 19.4 Å². The zero-order valence-electron chi connectivity index (χ0n) is 16.5. The van der Waals surface area contributed by atoms with Gasteiger partial charge in [0.15, 0.2) is 0 Å². The van der Waals surface area contributed by atoms with Crippen LogP contribution in [0.1, 0.15) is 47.0 Å². The minimum atomic E-state index is -1.11. The Morgan fingerprint density at radius 2 is 1.78 bits per heavy atom. The summed E-state index contributed by atoms with van der Waals surface area (Å²) in [5.74, 6) is -2.45. The van der Waals surface area contributed by atoms with Crippen molar-refractivity contribution in [2.75, 3.05) is 13.1 Å². The predicted molar refractivity (Wildman–Crippen MR) is 99.8 cm³/mol. The van der Waals surface area contributed by atoms with Crippen LogP contribution in [0.15, 0.2) is 0 Å². The number of carboxylic acids is 1. The van der Waals surface area contributed by atoms with E-state index in [1.807, 2.05) is 13.8 Å². The second kappa shape index (κ2) is 10.9. The number of hydrogen-bond acceptors (Lipinski definition) is 5. The molecule has 0 bridgehead atoms. The molecule has 3 amide bonds. The number of carbonyl (C=O) groups is 4. The fraction of sp³-hybridized carbons (Fsp3) is 0.778. The van der Waals surface area contributed by atoms with E-state index in [1.165, 1.54) is 0 Å². The third kappa shape index (κ3) is 7.94. The maximum Gasteiger partial charge on any atom is 0.326 e. The van der Waals surface area contributed by atoms with Crippen LogP contribution in [-0.2, 0) is 19.2 Å². The van der Waals surface area contributed by atoms with E-state index in [1.54, 1.807) is 13.8 Å². The van der Waals surface area contributed by atoms with Crippen LogP contribution in [0.4, 0.5) is 0 Å². The Labute approximate surface area is 160 Å². The summed E-state index contributed by atoms with van der Waals surface area (Å²) >= 11 is 0. The molecule has 0 aromatic carbocycles. The molecule has 3 atom stereocenters. The van der Waals surface area contributed by atoms with E-state index in [2.05, 4.69) is 21.3 Å². The van der Waals surface area contributed by atoms with Crippen molar-refractivity contribution in [3.8, 4) is 0 Å². The van der Waals surface area contributed by atoms with Crippen molar-refractivity contribution in [2.45, 2.75) is 65.1 Å². The van der Waals surface area contributed by atoms with Crippen molar-refractivity contribution in [3.05, 3.63) is 0 Å². The highest BCUT2D eigenvalue weighted by Gasteiger charge is 2.29. The Kier molecular flexibility index (Phi) is 9.20. The van der Waals surface area contributed by atoms with Gasteiger partial charge in [-0.25, -0.2) is 4.79 Å². The molecule has 0 aromatic heterocycles. The van der Waals surface area contributed by atoms with E-state index in [0.29, 0.717) is 6.42 Å². The lowest BCUT2D eigenvalue weighted by atomic mass is 10.0. The largest absolute Gasteiger partial charge is 0.480 e. The SMILES string of the molecule is CC(C)C[C@H](NC(=O)CNC(=O)[C@@H](NC(=O)[C@@H]1CCCN1)C(C)C)C(=O)O. The zero-order chi connectivity index (χ0) is 20.6. The highest BCUT2D eigenvalue weighted by atomic mass is 16.4. The van der Waals surface area contributed by atoms with Crippen LogP contribution in [0.5, 0.6) is 0 Å². The van der Waals surface area contributed by atoms with Crippen LogP contribution in [0.25, 0.3) is 0 Å². The summed E-state index contributed by atoms with van der Waals surface area (Å²) in [6.45, 7) is 7.75. The van der Waals surface area contributed by atoms with Gasteiger partial charge in [0.05, 0.1) is 12.6 Å². The summed E-state index contributed by atoms with van der Waals surface area (Å²) in [4.78, 5) is 47.8. The first-order valence-electron chi connectivity index (χ1n) is 9.45. The molecule has 1 heterocycles. The molecule has 5 N–H and O–H groups in total. The average Bonchev–Trinajstić information content (AvgIpc) is 3.10. The molecule has 27 heavy (non-hydrogen) atoms. The molecule has 0 spiro atoms. The van der Waals surface area contributed by atoms with Crippen molar-refractivity contribution in [1.82, 2.24) is 21.3 Å². The maximum absolute atomic E-state index is 12.4. The van der Waals surface area contributed by atoms with Gasteiger partial charge in [-0.15, -0.1) is 0 Å². The summed E-state index contributed by atoms with van der Waals surface area (Å²) in [6.07, 6.45) is 1.94. The van der Waals surface area contributed by atoms with Gasteiger partial charge in [0.25, 0.3) is 0 Å². The normalized spacial score (nSPS) is 18.8. The topological polar surface area (TPSA) is 137 Å². The minimum Gasteiger partial charge on any atom is -0.480 e. The molecule has 1 fully saturated rings.